The molecule has 0 atom stereocenters. The van der Waals surface area contributed by atoms with E-state index in [0.717, 1.165) is 18.5 Å². The highest BCUT2D eigenvalue weighted by Gasteiger charge is 2.13. The molecular weight excluding hydrogens is 230 g/mol. The number of esters is 1. The van der Waals surface area contributed by atoms with Gasteiger partial charge < -0.3 is 14.8 Å². The van der Waals surface area contributed by atoms with Gasteiger partial charge in [-0.2, -0.15) is 0 Å². The average Bonchev–Trinajstić information content (AvgIpc) is 2.37. The van der Waals surface area contributed by atoms with Crippen molar-refractivity contribution in [3.05, 3.63) is 23.8 Å². The van der Waals surface area contributed by atoms with E-state index in [1.54, 1.807) is 27.0 Å². The van der Waals surface area contributed by atoms with Gasteiger partial charge in [0.25, 0.3) is 0 Å². The number of rotatable bonds is 6. The highest BCUT2D eigenvalue weighted by molar-refractivity contribution is 5.75. The molecule has 100 valence electrons. The summed E-state index contributed by atoms with van der Waals surface area (Å²) in [6, 6.07) is 5.63. The van der Waals surface area contributed by atoms with E-state index in [9.17, 15) is 4.79 Å². The SMILES string of the molecule is CNCCc1ccc(OC(=O)C(C)C)c(OC)c1. The van der Waals surface area contributed by atoms with Crippen molar-refractivity contribution >= 4 is 5.97 Å². The lowest BCUT2D eigenvalue weighted by Crippen LogP contribution is -2.15. The predicted octanol–water partition coefficient (Wildman–Crippen LogP) is 2.02. The van der Waals surface area contributed by atoms with Gasteiger partial charge in [-0.05, 0) is 37.7 Å². The van der Waals surface area contributed by atoms with E-state index < -0.39 is 0 Å². The van der Waals surface area contributed by atoms with E-state index in [2.05, 4.69) is 5.32 Å². The molecule has 0 bridgehead atoms. The van der Waals surface area contributed by atoms with Crippen LogP contribution in [0.4, 0.5) is 0 Å². The molecule has 0 aliphatic carbocycles. The molecule has 1 aromatic rings. The zero-order chi connectivity index (χ0) is 13.5. The second-order valence-corrected chi connectivity index (χ2v) is 4.41. The van der Waals surface area contributed by atoms with Crippen molar-refractivity contribution in [1.82, 2.24) is 5.32 Å². The minimum Gasteiger partial charge on any atom is -0.493 e. The number of likely N-dealkylation sites (N-methyl/N-ethyl adjacent to an activating group) is 1. The molecule has 0 saturated carbocycles. The van der Waals surface area contributed by atoms with Crippen LogP contribution in [0.3, 0.4) is 0 Å². The summed E-state index contributed by atoms with van der Waals surface area (Å²) < 4.78 is 10.5. The van der Waals surface area contributed by atoms with E-state index in [4.69, 9.17) is 9.47 Å². The van der Waals surface area contributed by atoms with E-state index in [1.807, 2.05) is 19.2 Å². The zero-order valence-electron chi connectivity index (χ0n) is 11.4. The van der Waals surface area contributed by atoms with Crippen molar-refractivity contribution in [2.24, 2.45) is 5.92 Å². The summed E-state index contributed by atoms with van der Waals surface area (Å²) in [6.07, 6.45) is 0.908. The fraction of sp³-hybridized carbons (Fsp3) is 0.500. The fourth-order valence-electron chi connectivity index (χ4n) is 1.45. The van der Waals surface area contributed by atoms with E-state index >= 15 is 0 Å². The number of ether oxygens (including phenoxy) is 2. The van der Waals surface area contributed by atoms with Gasteiger partial charge in [0.1, 0.15) is 0 Å². The molecule has 0 saturated heterocycles. The van der Waals surface area contributed by atoms with Crippen molar-refractivity contribution in [3.63, 3.8) is 0 Å². The molecule has 1 N–H and O–H groups in total. The summed E-state index contributed by atoms with van der Waals surface area (Å²) in [5.41, 5.74) is 1.14. The first-order chi connectivity index (χ1) is 8.58. The summed E-state index contributed by atoms with van der Waals surface area (Å²) in [7, 11) is 3.49. The maximum Gasteiger partial charge on any atom is 0.313 e. The Morgan fingerprint density at radius 1 is 1.33 bits per heavy atom. The summed E-state index contributed by atoms with van der Waals surface area (Å²) in [5.74, 6) is 0.664. The van der Waals surface area contributed by atoms with Crippen LogP contribution in [-0.2, 0) is 11.2 Å². The maximum absolute atomic E-state index is 11.5. The van der Waals surface area contributed by atoms with Gasteiger partial charge in [0, 0.05) is 0 Å². The lowest BCUT2D eigenvalue weighted by atomic mass is 10.1. The van der Waals surface area contributed by atoms with Crippen LogP contribution in [0.25, 0.3) is 0 Å². The molecule has 0 aromatic heterocycles. The summed E-state index contributed by atoms with van der Waals surface area (Å²) in [6.45, 7) is 4.50. The molecular formula is C14H21NO3. The van der Waals surface area contributed by atoms with Gasteiger partial charge in [-0.3, -0.25) is 4.79 Å². The number of hydrogen-bond donors (Lipinski definition) is 1. The standard InChI is InChI=1S/C14H21NO3/c1-10(2)14(16)18-12-6-5-11(7-8-15-3)9-13(12)17-4/h5-6,9-10,15H,7-8H2,1-4H3. The number of methoxy groups -OCH3 is 1. The Bertz CT molecular complexity index is 402. The third-order valence-electron chi connectivity index (χ3n) is 2.57. The third-order valence-corrected chi connectivity index (χ3v) is 2.57. The number of hydrogen-bond acceptors (Lipinski definition) is 4. The molecule has 18 heavy (non-hydrogen) atoms. The molecule has 0 radical (unpaired) electrons. The van der Waals surface area contributed by atoms with Crippen LogP contribution < -0.4 is 14.8 Å². The minimum absolute atomic E-state index is 0.154. The molecule has 0 aliphatic heterocycles. The molecule has 0 spiro atoms. The molecule has 1 aromatic carbocycles. The average molecular weight is 251 g/mol. The Kier molecular flexibility index (Phi) is 5.65. The first-order valence-corrected chi connectivity index (χ1v) is 6.11. The van der Waals surface area contributed by atoms with Crippen LogP contribution >= 0.6 is 0 Å². The molecule has 0 heterocycles. The lowest BCUT2D eigenvalue weighted by molar-refractivity contribution is -0.137. The predicted molar refractivity (Wildman–Crippen MR) is 71.1 cm³/mol. The molecule has 1 rings (SSSR count). The van der Waals surface area contributed by atoms with Crippen molar-refractivity contribution in [2.45, 2.75) is 20.3 Å². The number of carbonyl (C=O) groups excluding carboxylic acids is 1. The smallest absolute Gasteiger partial charge is 0.313 e. The maximum atomic E-state index is 11.5. The second kappa shape index (κ2) is 7.01. The molecule has 4 heteroatoms. The highest BCUT2D eigenvalue weighted by Crippen LogP contribution is 2.28. The first kappa shape index (κ1) is 14.5. The van der Waals surface area contributed by atoms with Crippen LogP contribution in [0.1, 0.15) is 19.4 Å². The van der Waals surface area contributed by atoms with Crippen LogP contribution in [-0.4, -0.2) is 26.7 Å². The summed E-state index contributed by atoms with van der Waals surface area (Å²) in [5, 5.41) is 3.09. The normalized spacial score (nSPS) is 10.5. The second-order valence-electron chi connectivity index (χ2n) is 4.41. The lowest BCUT2D eigenvalue weighted by Gasteiger charge is -2.12. The fourth-order valence-corrected chi connectivity index (χ4v) is 1.45. The van der Waals surface area contributed by atoms with Gasteiger partial charge in [0.15, 0.2) is 11.5 Å². The summed E-state index contributed by atoms with van der Waals surface area (Å²) >= 11 is 0. The first-order valence-electron chi connectivity index (χ1n) is 6.11. The van der Waals surface area contributed by atoms with Gasteiger partial charge in [-0.1, -0.05) is 19.9 Å². The van der Waals surface area contributed by atoms with E-state index in [-0.39, 0.29) is 11.9 Å². The molecule has 4 nitrogen and oxygen atoms in total. The zero-order valence-corrected chi connectivity index (χ0v) is 11.4. The van der Waals surface area contributed by atoms with Gasteiger partial charge >= 0.3 is 5.97 Å². The van der Waals surface area contributed by atoms with Crippen LogP contribution in [0, 0.1) is 5.92 Å². The Balaban J connectivity index is 2.83. The Hall–Kier alpha value is -1.55. The quantitative estimate of drug-likeness (QED) is 0.620. The van der Waals surface area contributed by atoms with Crippen LogP contribution in [0.15, 0.2) is 18.2 Å². The van der Waals surface area contributed by atoms with Crippen molar-refractivity contribution in [2.75, 3.05) is 20.7 Å². The molecule has 0 fully saturated rings. The van der Waals surface area contributed by atoms with E-state index in [0.29, 0.717) is 11.5 Å². The van der Waals surface area contributed by atoms with E-state index in [1.165, 1.54) is 0 Å². The van der Waals surface area contributed by atoms with Crippen molar-refractivity contribution in [3.8, 4) is 11.5 Å². The Morgan fingerprint density at radius 2 is 2.06 bits per heavy atom. The largest absolute Gasteiger partial charge is 0.493 e. The number of benzene rings is 1. The van der Waals surface area contributed by atoms with Gasteiger partial charge in [0.05, 0.1) is 13.0 Å². The highest BCUT2D eigenvalue weighted by atomic mass is 16.6. The monoisotopic (exact) mass is 251 g/mol. The minimum atomic E-state index is -0.253. The Morgan fingerprint density at radius 3 is 2.61 bits per heavy atom. The Labute approximate surface area is 108 Å². The summed E-state index contributed by atoms with van der Waals surface area (Å²) in [4.78, 5) is 11.5. The molecule has 0 unspecified atom stereocenters. The topological polar surface area (TPSA) is 47.6 Å². The third kappa shape index (κ3) is 4.04. The van der Waals surface area contributed by atoms with Crippen molar-refractivity contribution < 1.29 is 14.3 Å². The number of nitrogens with one attached hydrogen (secondary N) is 1. The van der Waals surface area contributed by atoms with Crippen LogP contribution in [0.5, 0.6) is 11.5 Å². The van der Waals surface area contributed by atoms with Crippen molar-refractivity contribution in [1.29, 1.82) is 0 Å². The number of carbonyl (C=O) groups is 1. The van der Waals surface area contributed by atoms with Crippen LogP contribution in [0.2, 0.25) is 0 Å². The van der Waals surface area contributed by atoms with Gasteiger partial charge in [-0.15, -0.1) is 0 Å². The van der Waals surface area contributed by atoms with Gasteiger partial charge in [-0.25, -0.2) is 0 Å². The molecule has 0 aliphatic rings. The van der Waals surface area contributed by atoms with Gasteiger partial charge in [0.2, 0.25) is 0 Å². The molecule has 0 amide bonds.